The molecule has 0 aliphatic carbocycles. The van der Waals surface area contributed by atoms with Crippen molar-refractivity contribution in [1.82, 2.24) is 0 Å². The number of imide groups is 1. The predicted octanol–water partition coefficient (Wildman–Crippen LogP) is 5.49. The molecule has 2 fully saturated rings. The number of anilines is 2. The molecule has 7 nitrogen and oxygen atoms in total. The number of aryl methyl sites for hydroxylation is 1. The molecule has 3 aromatic carbocycles. The number of rotatable bonds is 9. The summed E-state index contributed by atoms with van der Waals surface area (Å²) in [5.74, 6) is -0.0765. The van der Waals surface area contributed by atoms with E-state index in [1.807, 2.05) is 86.6 Å². The van der Waals surface area contributed by atoms with Crippen molar-refractivity contribution >= 4 is 23.2 Å². The molecule has 192 valence electrons. The minimum Gasteiger partial charge on any atom is -0.490 e. The van der Waals surface area contributed by atoms with Crippen LogP contribution in [0.2, 0.25) is 0 Å². The van der Waals surface area contributed by atoms with E-state index in [4.69, 9.17) is 14.3 Å². The highest BCUT2D eigenvalue weighted by molar-refractivity contribution is 6.23. The van der Waals surface area contributed by atoms with Crippen LogP contribution in [0.5, 0.6) is 11.5 Å². The lowest BCUT2D eigenvalue weighted by molar-refractivity contribution is -0.126. The minimum atomic E-state index is -0.921. The molecule has 3 aromatic rings. The second-order valence-corrected chi connectivity index (χ2v) is 9.18. The Morgan fingerprint density at radius 3 is 2.24 bits per heavy atom. The quantitative estimate of drug-likeness (QED) is 0.362. The van der Waals surface area contributed by atoms with Crippen molar-refractivity contribution in [3.05, 3.63) is 83.9 Å². The van der Waals surface area contributed by atoms with E-state index >= 15 is 0 Å². The number of amides is 2. The van der Waals surface area contributed by atoms with Gasteiger partial charge in [0.05, 0.1) is 30.6 Å². The highest BCUT2D eigenvalue weighted by Gasteiger charge is 2.60. The number of ether oxygens (including phenoxy) is 2. The predicted molar refractivity (Wildman–Crippen MR) is 142 cm³/mol. The van der Waals surface area contributed by atoms with E-state index in [-0.39, 0.29) is 11.8 Å². The maximum absolute atomic E-state index is 13.9. The zero-order valence-corrected chi connectivity index (χ0v) is 21.4. The molecular weight excluding hydrogens is 468 g/mol. The molecule has 0 spiro atoms. The van der Waals surface area contributed by atoms with Crippen LogP contribution < -0.4 is 19.4 Å². The minimum absolute atomic E-state index is 0.271. The maximum Gasteiger partial charge on any atom is 0.266 e. The number of benzene rings is 3. The number of hydroxylamine groups is 1. The number of fused-ring (bicyclic) bond motifs is 1. The van der Waals surface area contributed by atoms with E-state index < -0.39 is 18.1 Å². The molecule has 7 heteroatoms. The highest BCUT2D eigenvalue weighted by atomic mass is 16.7. The molecule has 0 N–H and O–H groups in total. The van der Waals surface area contributed by atoms with Gasteiger partial charge in [0, 0.05) is 0 Å². The van der Waals surface area contributed by atoms with Crippen molar-refractivity contribution in [2.24, 2.45) is 5.92 Å². The fraction of sp³-hybridized carbons (Fsp3) is 0.333. The van der Waals surface area contributed by atoms with Gasteiger partial charge in [0.2, 0.25) is 5.91 Å². The van der Waals surface area contributed by atoms with E-state index in [1.165, 1.54) is 4.90 Å². The first-order chi connectivity index (χ1) is 18.1. The van der Waals surface area contributed by atoms with Crippen molar-refractivity contribution in [3.8, 4) is 11.5 Å². The van der Waals surface area contributed by atoms with Crippen LogP contribution in [0.25, 0.3) is 0 Å². The molecule has 37 heavy (non-hydrogen) atoms. The summed E-state index contributed by atoms with van der Waals surface area (Å²) in [6.07, 6.45) is 0.835. The fourth-order valence-electron chi connectivity index (χ4n) is 5.00. The summed E-state index contributed by atoms with van der Waals surface area (Å²) in [6.45, 7) is 7.08. The van der Waals surface area contributed by atoms with E-state index in [1.54, 1.807) is 5.06 Å². The summed E-state index contributed by atoms with van der Waals surface area (Å²) >= 11 is 0. The topological polar surface area (TPSA) is 68.3 Å². The Morgan fingerprint density at radius 1 is 0.811 bits per heavy atom. The number of para-hydroxylation sites is 1. The molecule has 0 saturated carbocycles. The molecule has 2 saturated heterocycles. The number of hydrogen-bond acceptors (Lipinski definition) is 6. The molecule has 2 aliphatic heterocycles. The van der Waals surface area contributed by atoms with Crippen LogP contribution in [0.3, 0.4) is 0 Å². The van der Waals surface area contributed by atoms with Crippen molar-refractivity contribution in [1.29, 1.82) is 0 Å². The van der Waals surface area contributed by atoms with Gasteiger partial charge in [0.15, 0.2) is 17.6 Å². The Morgan fingerprint density at radius 2 is 1.57 bits per heavy atom. The van der Waals surface area contributed by atoms with Crippen molar-refractivity contribution in [2.45, 2.75) is 45.8 Å². The summed E-state index contributed by atoms with van der Waals surface area (Å²) in [5, 5.41) is 1.69. The number of carbonyl (C=O) groups excluding carboxylic acids is 2. The number of carbonyl (C=O) groups is 2. The average Bonchev–Trinajstić information content (AvgIpc) is 3.44. The van der Waals surface area contributed by atoms with Gasteiger partial charge in [-0.1, -0.05) is 50.2 Å². The van der Waals surface area contributed by atoms with Crippen LogP contribution >= 0.6 is 0 Å². The fourth-order valence-corrected chi connectivity index (χ4v) is 5.00. The van der Waals surface area contributed by atoms with Gasteiger partial charge < -0.3 is 9.47 Å². The Bertz CT molecular complexity index is 1260. The molecule has 2 amide bonds. The lowest BCUT2D eigenvalue weighted by Crippen LogP contribution is -2.37. The molecule has 2 heterocycles. The van der Waals surface area contributed by atoms with Crippen LogP contribution in [-0.4, -0.2) is 31.1 Å². The Balaban J connectivity index is 1.56. The van der Waals surface area contributed by atoms with E-state index in [0.29, 0.717) is 30.4 Å². The lowest BCUT2D eigenvalue weighted by atomic mass is 9.90. The summed E-state index contributed by atoms with van der Waals surface area (Å²) < 4.78 is 11.8. The summed E-state index contributed by atoms with van der Waals surface area (Å²) in [7, 11) is 0. The van der Waals surface area contributed by atoms with Crippen molar-refractivity contribution in [3.63, 3.8) is 0 Å². The highest BCUT2D eigenvalue weighted by Crippen LogP contribution is 2.48. The van der Waals surface area contributed by atoms with Crippen LogP contribution in [0.1, 0.15) is 44.4 Å². The van der Waals surface area contributed by atoms with Gasteiger partial charge in [-0.2, -0.15) is 0 Å². The molecule has 2 aliphatic rings. The number of nitrogens with zero attached hydrogens (tertiary/aromatic N) is 2. The molecule has 3 atom stereocenters. The largest absolute Gasteiger partial charge is 0.490 e. The Hall–Kier alpha value is -3.84. The summed E-state index contributed by atoms with van der Waals surface area (Å²) in [4.78, 5) is 35.0. The van der Waals surface area contributed by atoms with Crippen LogP contribution in [0.4, 0.5) is 11.4 Å². The van der Waals surface area contributed by atoms with Crippen molar-refractivity contribution < 1.29 is 23.9 Å². The average molecular weight is 501 g/mol. The van der Waals surface area contributed by atoms with Gasteiger partial charge in [-0.15, -0.1) is 0 Å². The first kappa shape index (κ1) is 24.8. The Labute approximate surface area is 217 Å². The van der Waals surface area contributed by atoms with Gasteiger partial charge >= 0.3 is 0 Å². The molecule has 0 bridgehead atoms. The van der Waals surface area contributed by atoms with Crippen LogP contribution in [0.15, 0.2) is 72.8 Å². The van der Waals surface area contributed by atoms with Gasteiger partial charge in [-0.05, 0) is 67.3 Å². The van der Waals surface area contributed by atoms with Gasteiger partial charge in [-0.25, -0.2) is 9.96 Å². The van der Waals surface area contributed by atoms with E-state index in [0.717, 1.165) is 29.7 Å². The Kier molecular flexibility index (Phi) is 7.15. The van der Waals surface area contributed by atoms with Crippen LogP contribution in [-0.2, 0) is 20.8 Å². The normalized spacial score (nSPS) is 20.9. The number of hydrogen-bond donors (Lipinski definition) is 0. The third-order valence-electron chi connectivity index (χ3n) is 6.80. The van der Waals surface area contributed by atoms with E-state index in [9.17, 15) is 9.59 Å². The maximum atomic E-state index is 13.9. The molecule has 0 unspecified atom stereocenters. The smallest absolute Gasteiger partial charge is 0.266 e. The van der Waals surface area contributed by atoms with Crippen molar-refractivity contribution in [2.75, 3.05) is 23.2 Å². The summed E-state index contributed by atoms with van der Waals surface area (Å²) in [5.41, 5.74) is 3.29. The molecular formula is C30H32N2O5. The van der Waals surface area contributed by atoms with E-state index in [2.05, 4.69) is 6.92 Å². The zero-order chi connectivity index (χ0) is 25.9. The second kappa shape index (κ2) is 10.6. The van der Waals surface area contributed by atoms with Gasteiger partial charge in [-0.3, -0.25) is 14.4 Å². The lowest BCUT2D eigenvalue weighted by Gasteiger charge is -2.29. The zero-order valence-electron chi connectivity index (χ0n) is 21.4. The third kappa shape index (κ3) is 4.55. The standard InChI is InChI=1S/C30H32N2O5/c1-4-18-36-24-17-14-21(19-25(24)35-6-3)27-26-28(37-32(27)23-10-8-7-9-11-23)30(34)31(29(26)33)22-15-12-20(5-2)13-16-22/h7-17,19,26-28H,4-6,18H2,1-3H3/t26-,27-,28+/m1/s1. The first-order valence-corrected chi connectivity index (χ1v) is 12.9. The van der Waals surface area contributed by atoms with Gasteiger partial charge in [0.25, 0.3) is 5.91 Å². The SMILES string of the molecule is CCCOc1ccc([C@@H]2[C@H]3C(=O)N(c4ccc(CC)cc4)C(=O)[C@H]3ON2c2ccccc2)cc1OCC. The summed E-state index contributed by atoms with van der Waals surface area (Å²) in [6, 6.07) is 22.3. The van der Waals surface area contributed by atoms with Gasteiger partial charge in [0.1, 0.15) is 5.92 Å². The molecule has 0 radical (unpaired) electrons. The van der Waals surface area contributed by atoms with Crippen LogP contribution in [0, 0.1) is 5.92 Å². The first-order valence-electron chi connectivity index (χ1n) is 12.9. The molecule has 0 aromatic heterocycles. The monoisotopic (exact) mass is 500 g/mol. The third-order valence-corrected chi connectivity index (χ3v) is 6.80. The molecule has 5 rings (SSSR count). The second-order valence-electron chi connectivity index (χ2n) is 9.18.